The van der Waals surface area contributed by atoms with Gasteiger partial charge in [0.05, 0.1) is 21.4 Å². The number of nitrogens with one attached hydrogen (secondary N) is 1. The third-order valence-electron chi connectivity index (χ3n) is 3.76. The molecule has 0 saturated carbocycles. The first-order chi connectivity index (χ1) is 12.2. The van der Waals surface area contributed by atoms with E-state index in [0.717, 1.165) is 15.6 Å². The normalized spacial score (nSPS) is 16.8. The van der Waals surface area contributed by atoms with Gasteiger partial charge in [-0.2, -0.15) is 0 Å². The van der Waals surface area contributed by atoms with Gasteiger partial charge in [0.25, 0.3) is 10.0 Å². The van der Waals surface area contributed by atoms with Gasteiger partial charge >= 0.3 is 5.97 Å². The maximum absolute atomic E-state index is 13.4. The summed E-state index contributed by atoms with van der Waals surface area (Å²) >= 11 is 8.89. The van der Waals surface area contributed by atoms with Crippen molar-refractivity contribution in [3.8, 4) is 0 Å². The smallest absolute Gasteiger partial charge is 0.349 e. The minimum absolute atomic E-state index is 0.0365. The van der Waals surface area contributed by atoms with Gasteiger partial charge in [0.15, 0.2) is 0 Å². The lowest BCUT2D eigenvalue weighted by Gasteiger charge is -2.35. The van der Waals surface area contributed by atoms with E-state index in [2.05, 4.69) is 5.32 Å². The molecule has 1 unspecified atom stereocenters. The van der Waals surface area contributed by atoms with Gasteiger partial charge in [0, 0.05) is 5.02 Å². The number of esters is 1. The molecule has 1 N–H and O–H groups in total. The SMILES string of the molecule is COC(=O)c1sc(I)cc1S(=O)(=O)N1c2ccc(Cl)cc2NC(=O)C1C. The number of anilines is 2. The topological polar surface area (TPSA) is 92.8 Å². The molecule has 138 valence electrons. The van der Waals surface area contributed by atoms with E-state index in [1.807, 2.05) is 22.6 Å². The first kappa shape index (κ1) is 19.4. The molecule has 2 aromatic rings. The number of hydrogen-bond acceptors (Lipinski definition) is 6. The molecule has 1 aliphatic rings. The number of nitrogens with zero attached hydrogens (tertiary/aromatic N) is 1. The molecule has 11 heteroatoms. The number of carbonyl (C=O) groups excluding carboxylic acids is 2. The Morgan fingerprint density at radius 1 is 1.38 bits per heavy atom. The van der Waals surface area contributed by atoms with Crippen molar-refractivity contribution < 1.29 is 22.7 Å². The van der Waals surface area contributed by atoms with E-state index < -0.39 is 27.9 Å². The largest absolute Gasteiger partial charge is 0.465 e. The van der Waals surface area contributed by atoms with Crippen molar-refractivity contribution in [2.75, 3.05) is 16.7 Å². The maximum Gasteiger partial charge on any atom is 0.349 e. The first-order valence-electron chi connectivity index (χ1n) is 7.19. The van der Waals surface area contributed by atoms with E-state index in [9.17, 15) is 18.0 Å². The van der Waals surface area contributed by atoms with Crippen LogP contribution >= 0.6 is 45.5 Å². The summed E-state index contributed by atoms with van der Waals surface area (Å²) in [5, 5.41) is 3.00. The number of benzene rings is 1. The quantitative estimate of drug-likeness (QED) is 0.489. The Kier molecular flexibility index (Phi) is 5.21. The van der Waals surface area contributed by atoms with Crippen LogP contribution in [0.25, 0.3) is 0 Å². The third-order valence-corrected chi connectivity index (χ3v) is 7.91. The summed E-state index contributed by atoms with van der Waals surface area (Å²) in [6.45, 7) is 1.47. The number of ether oxygens (including phenoxy) is 1. The number of amides is 1. The van der Waals surface area contributed by atoms with Crippen LogP contribution < -0.4 is 9.62 Å². The van der Waals surface area contributed by atoms with Crippen molar-refractivity contribution in [2.45, 2.75) is 17.9 Å². The van der Waals surface area contributed by atoms with E-state index in [1.54, 1.807) is 0 Å². The lowest BCUT2D eigenvalue weighted by molar-refractivity contribution is -0.117. The van der Waals surface area contributed by atoms with Crippen molar-refractivity contribution in [1.82, 2.24) is 0 Å². The maximum atomic E-state index is 13.4. The summed E-state index contributed by atoms with van der Waals surface area (Å²) in [7, 11) is -3.02. The Bertz CT molecular complexity index is 1020. The van der Waals surface area contributed by atoms with Gasteiger partial charge in [-0.05, 0) is 53.8 Å². The highest BCUT2D eigenvalue weighted by Crippen LogP contribution is 2.40. The molecule has 0 saturated heterocycles. The Hall–Kier alpha value is -1.37. The zero-order valence-electron chi connectivity index (χ0n) is 13.4. The second-order valence-corrected chi connectivity index (χ2v) is 10.5. The van der Waals surface area contributed by atoms with E-state index in [4.69, 9.17) is 16.3 Å². The predicted molar refractivity (Wildman–Crippen MR) is 108 cm³/mol. The zero-order valence-corrected chi connectivity index (χ0v) is 18.0. The van der Waals surface area contributed by atoms with Crippen LogP contribution in [-0.2, 0) is 19.6 Å². The van der Waals surface area contributed by atoms with Gasteiger partial charge in [-0.25, -0.2) is 13.2 Å². The molecule has 1 aliphatic heterocycles. The summed E-state index contributed by atoms with van der Waals surface area (Å²) in [5.41, 5.74) is 0.562. The molecule has 3 rings (SSSR count). The summed E-state index contributed by atoms with van der Waals surface area (Å²) in [4.78, 5) is 24.1. The summed E-state index contributed by atoms with van der Waals surface area (Å²) in [5.74, 6) is -1.24. The van der Waals surface area contributed by atoms with Crippen molar-refractivity contribution in [1.29, 1.82) is 0 Å². The Balaban J connectivity index is 2.22. The molecule has 26 heavy (non-hydrogen) atoms. The van der Waals surface area contributed by atoms with Gasteiger partial charge < -0.3 is 10.1 Å². The van der Waals surface area contributed by atoms with Crippen LogP contribution in [0.3, 0.4) is 0 Å². The van der Waals surface area contributed by atoms with Crippen LogP contribution in [0.5, 0.6) is 0 Å². The van der Waals surface area contributed by atoms with E-state index in [0.29, 0.717) is 7.91 Å². The standard InChI is InChI=1S/C15H12ClIN2O5S2/c1-7-14(20)18-9-5-8(16)3-4-10(9)19(7)26(22,23)11-6-12(17)25-13(11)15(21)24-2/h3-7H,1-2H3,(H,18,20). The molecule has 0 radical (unpaired) electrons. The number of fused-ring (bicyclic) bond motifs is 1. The van der Waals surface area contributed by atoms with E-state index >= 15 is 0 Å². The van der Waals surface area contributed by atoms with Gasteiger partial charge in [-0.3, -0.25) is 9.10 Å². The highest BCUT2D eigenvalue weighted by molar-refractivity contribution is 14.1. The molecule has 1 aromatic heterocycles. The number of thiophene rings is 1. The molecular formula is C15H12ClIN2O5S2. The molecule has 0 aliphatic carbocycles. The minimum Gasteiger partial charge on any atom is -0.465 e. The van der Waals surface area contributed by atoms with Crippen molar-refractivity contribution in [2.24, 2.45) is 0 Å². The average molecular weight is 527 g/mol. The monoisotopic (exact) mass is 526 g/mol. The van der Waals surface area contributed by atoms with Crippen molar-refractivity contribution >= 4 is 78.8 Å². The van der Waals surface area contributed by atoms with Crippen molar-refractivity contribution in [3.05, 3.63) is 37.0 Å². The third kappa shape index (κ3) is 3.19. The van der Waals surface area contributed by atoms with Crippen LogP contribution in [0, 0.1) is 2.88 Å². The van der Waals surface area contributed by atoms with Gasteiger partial charge in [0.1, 0.15) is 15.8 Å². The highest BCUT2D eigenvalue weighted by Gasteiger charge is 2.41. The number of carbonyl (C=O) groups is 2. The van der Waals surface area contributed by atoms with Crippen LogP contribution in [0.4, 0.5) is 11.4 Å². The fourth-order valence-electron chi connectivity index (χ4n) is 2.57. The predicted octanol–water partition coefficient (Wildman–Crippen LogP) is 3.33. The average Bonchev–Trinajstić information content (AvgIpc) is 2.98. The molecule has 1 atom stereocenters. The lowest BCUT2D eigenvalue weighted by Crippen LogP contribution is -2.49. The fourth-order valence-corrected chi connectivity index (χ4v) is 6.86. The Morgan fingerprint density at radius 2 is 2.08 bits per heavy atom. The molecule has 1 aromatic carbocycles. The minimum atomic E-state index is -4.20. The summed E-state index contributed by atoms with van der Waals surface area (Å²) in [6, 6.07) is 4.91. The number of halogens is 2. The van der Waals surface area contributed by atoms with Crippen molar-refractivity contribution in [3.63, 3.8) is 0 Å². The molecular weight excluding hydrogens is 515 g/mol. The highest BCUT2D eigenvalue weighted by atomic mass is 127. The molecule has 0 spiro atoms. The lowest BCUT2D eigenvalue weighted by atomic mass is 10.1. The number of rotatable bonds is 3. The molecule has 0 fully saturated rings. The summed E-state index contributed by atoms with van der Waals surface area (Å²) in [6.07, 6.45) is 0. The first-order valence-corrected chi connectivity index (χ1v) is 10.9. The molecule has 2 heterocycles. The second kappa shape index (κ2) is 6.98. The molecule has 1 amide bonds. The van der Waals surface area contributed by atoms with Crippen LogP contribution in [0.2, 0.25) is 5.02 Å². The molecule has 7 nitrogen and oxygen atoms in total. The van der Waals surface area contributed by atoms with E-state index in [1.165, 1.54) is 38.3 Å². The number of sulfonamides is 1. The van der Waals surface area contributed by atoms with Gasteiger partial charge in [-0.1, -0.05) is 11.6 Å². The van der Waals surface area contributed by atoms with Crippen LogP contribution in [-0.4, -0.2) is 33.4 Å². The number of methoxy groups -OCH3 is 1. The zero-order chi connectivity index (χ0) is 19.2. The van der Waals surface area contributed by atoms with E-state index in [-0.39, 0.29) is 21.1 Å². The van der Waals surface area contributed by atoms with Crippen LogP contribution in [0.15, 0.2) is 29.2 Å². The molecule has 0 bridgehead atoms. The number of hydrogen-bond donors (Lipinski definition) is 1. The Labute approximate surface area is 172 Å². The Morgan fingerprint density at radius 3 is 2.73 bits per heavy atom. The summed E-state index contributed by atoms with van der Waals surface area (Å²) < 4.78 is 33.0. The fraction of sp³-hybridized carbons (Fsp3) is 0.200. The van der Waals surface area contributed by atoms with Gasteiger partial charge in [-0.15, -0.1) is 11.3 Å². The second-order valence-electron chi connectivity index (χ2n) is 5.36. The van der Waals surface area contributed by atoms with Crippen LogP contribution in [0.1, 0.15) is 16.6 Å². The van der Waals surface area contributed by atoms with Gasteiger partial charge in [0.2, 0.25) is 5.91 Å².